The fourth-order valence-electron chi connectivity index (χ4n) is 2.01. The lowest BCUT2D eigenvalue weighted by Gasteiger charge is -2.43. The zero-order chi connectivity index (χ0) is 12.7. The summed E-state index contributed by atoms with van der Waals surface area (Å²) in [7, 11) is -3.35. The molecule has 17 heavy (non-hydrogen) atoms. The van der Waals surface area contributed by atoms with Crippen LogP contribution in [0.1, 0.15) is 20.8 Å². The van der Waals surface area contributed by atoms with Crippen molar-refractivity contribution >= 4 is 21.4 Å². The van der Waals surface area contributed by atoms with E-state index in [1.54, 1.807) is 21.8 Å². The fraction of sp³-hybridized carbons (Fsp3) is 0.636. The first-order valence-corrected chi connectivity index (χ1v) is 7.96. The molecule has 1 N–H and O–H groups in total. The topological polar surface area (TPSA) is 49.4 Å². The smallest absolute Gasteiger partial charge is 0.253 e. The van der Waals surface area contributed by atoms with Gasteiger partial charge < -0.3 is 5.32 Å². The number of nitrogens with zero attached hydrogens (tertiary/aromatic N) is 1. The predicted octanol–water partition coefficient (Wildman–Crippen LogP) is 1.51. The van der Waals surface area contributed by atoms with Gasteiger partial charge in [0.05, 0.1) is 0 Å². The van der Waals surface area contributed by atoms with Crippen LogP contribution in [0.3, 0.4) is 0 Å². The second-order valence-electron chi connectivity index (χ2n) is 5.06. The Morgan fingerprint density at radius 2 is 2.24 bits per heavy atom. The van der Waals surface area contributed by atoms with Gasteiger partial charge in [0.2, 0.25) is 0 Å². The molecule has 0 bridgehead atoms. The fourth-order valence-corrected chi connectivity index (χ4v) is 4.99. The maximum atomic E-state index is 12.5. The van der Waals surface area contributed by atoms with E-state index in [1.807, 2.05) is 20.8 Å². The molecule has 0 saturated carbocycles. The highest BCUT2D eigenvalue weighted by atomic mass is 32.2. The average molecular weight is 274 g/mol. The monoisotopic (exact) mass is 274 g/mol. The van der Waals surface area contributed by atoms with Crippen molar-refractivity contribution in [3.8, 4) is 0 Å². The highest BCUT2D eigenvalue weighted by Crippen LogP contribution is 2.29. The number of nitrogens with one attached hydrogen (secondary N) is 1. The van der Waals surface area contributed by atoms with Crippen LogP contribution in [0.25, 0.3) is 0 Å². The highest BCUT2D eigenvalue weighted by molar-refractivity contribution is 7.91. The van der Waals surface area contributed by atoms with Crippen LogP contribution < -0.4 is 5.32 Å². The molecule has 1 aliphatic heterocycles. The van der Waals surface area contributed by atoms with Crippen LogP contribution in [0.15, 0.2) is 21.7 Å². The summed E-state index contributed by atoms with van der Waals surface area (Å²) in [6, 6.07) is 3.64. The third-order valence-corrected chi connectivity index (χ3v) is 6.49. The molecule has 1 aromatic rings. The number of piperazine rings is 1. The molecule has 2 rings (SSSR count). The van der Waals surface area contributed by atoms with Crippen molar-refractivity contribution in [2.45, 2.75) is 36.6 Å². The first-order chi connectivity index (χ1) is 7.84. The maximum absolute atomic E-state index is 12.5. The summed E-state index contributed by atoms with van der Waals surface area (Å²) in [6.45, 7) is 7.12. The number of thiophene rings is 1. The Bertz CT molecular complexity index is 480. The minimum Gasteiger partial charge on any atom is -0.311 e. The first kappa shape index (κ1) is 13.0. The van der Waals surface area contributed by atoms with E-state index in [9.17, 15) is 8.42 Å². The normalized spacial score (nSPS) is 25.9. The van der Waals surface area contributed by atoms with Crippen molar-refractivity contribution in [1.82, 2.24) is 9.62 Å². The van der Waals surface area contributed by atoms with Crippen LogP contribution in [-0.4, -0.2) is 37.4 Å². The van der Waals surface area contributed by atoms with Crippen molar-refractivity contribution in [3.05, 3.63) is 17.5 Å². The molecule has 6 heteroatoms. The molecule has 1 aliphatic rings. The molecule has 0 aliphatic carbocycles. The summed E-state index contributed by atoms with van der Waals surface area (Å²) >= 11 is 1.28. The molecule has 0 radical (unpaired) electrons. The number of hydrogen-bond acceptors (Lipinski definition) is 4. The molecule has 1 saturated heterocycles. The summed E-state index contributed by atoms with van der Waals surface area (Å²) in [4.78, 5) is 0. The SMILES string of the molecule is CC1CN(S(=O)(=O)c2cccs2)C(C)(C)CN1. The summed E-state index contributed by atoms with van der Waals surface area (Å²) < 4.78 is 27.1. The summed E-state index contributed by atoms with van der Waals surface area (Å²) in [5, 5.41) is 5.11. The van der Waals surface area contributed by atoms with Gasteiger partial charge in [-0.25, -0.2) is 8.42 Å². The van der Waals surface area contributed by atoms with Gasteiger partial charge >= 0.3 is 0 Å². The quantitative estimate of drug-likeness (QED) is 0.889. The van der Waals surface area contributed by atoms with Gasteiger partial charge in [0.1, 0.15) is 4.21 Å². The lowest BCUT2D eigenvalue weighted by atomic mass is 10.0. The Balaban J connectivity index is 2.38. The Morgan fingerprint density at radius 1 is 1.53 bits per heavy atom. The largest absolute Gasteiger partial charge is 0.311 e. The average Bonchev–Trinajstić information content (AvgIpc) is 2.75. The van der Waals surface area contributed by atoms with Crippen molar-refractivity contribution in [2.75, 3.05) is 13.1 Å². The Kier molecular flexibility index (Phi) is 3.33. The zero-order valence-corrected chi connectivity index (χ0v) is 11.9. The van der Waals surface area contributed by atoms with Gasteiger partial charge in [-0.15, -0.1) is 11.3 Å². The third kappa shape index (κ3) is 2.40. The van der Waals surface area contributed by atoms with E-state index in [2.05, 4.69) is 5.32 Å². The zero-order valence-electron chi connectivity index (χ0n) is 10.3. The first-order valence-electron chi connectivity index (χ1n) is 5.64. The molecule has 4 nitrogen and oxygen atoms in total. The minimum absolute atomic E-state index is 0.192. The molecule has 1 aromatic heterocycles. The van der Waals surface area contributed by atoms with Crippen molar-refractivity contribution in [1.29, 1.82) is 0 Å². The van der Waals surface area contributed by atoms with E-state index in [4.69, 9.17) is 0 Å². The van der Waals surface area contributed by atoms with Crippen LogP contribution in [0.4, 0.5) is 0 Å². The van der Waals surface area contributed by atoms with Crippen molar-refractivity contribution in [3.63, 3.8) is 0 Å². The molecular weight excluding hydrogens is 256 g/mol. The Labute approximate surface area is 107 Å². The molecule has 96 valence electrons. The second kappa shape index (κ2) is 4.35. The molecule has 1 unspecified atom stereocenters. The van der Waals surface area contributed by atoms with Gasteiger partial charge in [-0.2, -0.15) is 4.31 Å². The van der Waals surface area contributed by atoms with E-state index in [1.165, 1.54) is 11.3 Å². The summed E-state index contributed by atoms with van der Waals surface area (Å²) in [6.07, 6.45) is 0. The van der Waals surface area contributed by atoms with Crippen LogP contribution in [0.5, 0.6) is 0 Å². The second-order valence-corrected chi connectivity index (χ2v) is 8.10. The molecular formula is C11H18N2O2S2. The van der Waals surface area contributed by atoms with Crippen LogP contribution in [0.2, 0.25) is 0 Å². The van der Waals surface area contributed by atoms with E-state index in [-0.39, 0.29) is 11.6 Å². The van der Waals surface area contributed by atoms with E-state index >= 15 is 0 Å². The van der Waals surface area contributed by atoms with E-state index in [0.717, 1.165) is 0 Å². The lowest BCUT2D eigenvalue weighted by molar-refractivity contribution is 0.158. The number of hydrogen-bond donors (Lipinski definition) is 1. The number of rotatable bonds is 2. The highest BCUT2D eigenvalue weighted by Gasteiger charge is 2.41. The van der Waals surface area contributed by atoms with Crippen LogP contribution in [-0.2, 0) is 10.0 Å². The summed E-state index contributed by atoms with van der Waals surface area (Å²) in [5.41, 5.74) is -0.380. The maximum Gasteiger partial charge on any atom is 0.253 e. The van der Waals surface area contributed by atoms with Gasteiger partial charge in [-0.3, -0.25) is 0 Å². The van der Waals surface area contributed by atoms with Crippen molar-refractivity contribution < 1.29 is 8.42 Å². The molecule has 2 heterocycles. The Hall–Kier alpha value is -0.430. The van der Waals surface area contributed by atoms with Gasteiger partial charge in [-0.1, -0.05) is 6.07 Å². The van der Waals surface area contributed by atoms with E-state index < -0.39 is 10.0 Å². The molecule has 0 amide bonds. The third-order valence-electron chi connectivity index (χ3n) is 3.04. The summed E-state index contributed by atoms with van der Waals surface area (Å²) in [5.74, 6) is 0. The minimum atomic E-state index is -3.35. The lowest BCUT2D eigenvalue weighted by Crippen LogP contribution is -2.62. The molecule has 1 atom stereocenters. The van der Waals surface area contributed by atoms with Gasteiger partial charge in [0.25, 0.3) is 10.0 Å². The molecule has 0 spiro atoms. The van der Waals surface area contributed by atoms with E-state index in [0.29, 0.717) is 17.3 Å². The predicted molar refractivity (Wildman–Crippen MR) is 69.8 cm³/mol. The standard InChI is InChI=1S/C11H18N2O2S2/c1-9-7-13(11(2,3)8-12-9)17(14,15)10-5-4-6-16-10/h4-6,9,12H,7-8H2,1-3H3. The van der Waals surface area contributed by atoms with Gasteiger partial charge in [0, 0.05) is 24.7 Å². The van der Waals surface area contributed by atoms with Gasteiger partial charge in [-0.05, 0) is 32.2 Å². The van der Waals surface area contributed by atoms with Crippen molar-refractivity contribution in [2.24, 2.45) is 0 Å². The van der Waals surface area contributed by atoms with Crippen LogP contribution in [0, 0.1) is 0 Å². The Morgan fingerprint density at radius 3 is 2.82 bits per heavy atom. The number of sulfonamides is 1. The van der Waals surface area contributed by atoms with Crippen LogP contribution >= 0.6 is 11.3 Å². The molecule has 0 aromatic carbocycles. The van der Waals surface area contributed by atoms with Gasteiger partial charge in [0.15, 0.2) is 0 Å². The molecule has 1 fully saturated rings.